The molecule has 6 nitrogen and oxygen atoms in total. The number of rotatable bonds is 7. The van der Waals surface area contributed by atoms with Gasteiger partial charge in [0, 0.05) is 38.4 Å². The molecule has 0 atom stereocenters. The molecule has 0 N–H and O–H groups in total. The zero-order valence-corrected chi connectivity index (χ0v) is 13.2. The van der Waals surface area contributed by atoms with Crippen molar-refractivity contribution in [2.45, 2.75) is 39.3 Å². The van der Waals surface area contributed by atoms with Gasteiger partial charge in [-0.1, -0.05) is 13.3 Å². The highest BCUT2D eigenvalue weighted by Gasteiger charge is 2.26. The quantitative estimate of drug-likeness (QED) is 0.764. The first-order chi connectivity index (χ1) is 10.2. The summed E-state index contributed by atoms with van der Waals surface area (Å²) in [7, 11) is 3.51. The summed E-state index contributed by atoms with van der Waals surface area (Å²) < 4.78 is 12.5. The van der Waals surface area contributed by atoms with E-state index >= 15 is 0 Å². The fourth-order valence-corrected chi connectivity index (χ4v) is 2.52. The van der Waals surface area contributed by atoms with Crippen LogP contribution in [0.3, 0.4) is 0 Å². The molecule has 0 unspecified atom stereocenters. The lowest BCUT2D eigenvalue weighted by Gasteiger charge is -2.17. The van der Waals surface area contributed by atoms with E-state index in [0.717, 1.165) is 37.1 Å². The molecule has 0 fully saturated rings. The van der Waals surface area contributed by atoms with Gasteiger partial charge in [0.2, 0.25) is 0 Å². The second-order valence-electron chi connectivity index (χ2n) is 5.37. The number of amides is 1. The minimum atomic E-state index is -0.0126. The molecule has 0 aliphatic carbocycles. The van der Waals surface area contributed by atoms with E-state index in [1.807, 2.05) is 11.7 Å². The van der Waals surface area contributed by atoms with Crippen LogP contribution in [0, 0.1) is 0 Å². The van der Waals surface area contributed by atoms with Crippen molar-refractivity contribution in [3.05, 3.63) is 17.0 Å². The largest absolute Gasteiger partial charge is 0.383 e. The van der Waals surface area contributed by atoms with Crippen LogP contribution in [-0.4, -0.2) is 54.5 Å². The molecule has 1 amide bonds. The fraction of sp³-hybridized carbons (Fsp3) is 0.733. The van der Waals surface area contributed by atoms with Crippen LogP contribution in [0.25, 0.3) is 0 Å². The number of aromatic nitrogens is 2. The first-order valence-electron chi connectivity index (χ1n) is 7.59. The monoisotopic (exact) mass is 295 g/mol. The van der Waals surface area contributed by atoms with E-state index in [1.165, 1.54) is 0 Å². The maximum absolute atomic E-state index is 12.6. The summed E-state index contributed by atoms with van der Waals surface area (Å²) >= 11 is 0. The summed E-state index contributed by atoms with van der Waals surface area (Å²) in [5, 5.41) is 4.52. The third-order valence-electron chi connectivity index (χ3n) is 3.80. The van der Waals surface area contributed by atoms with Gasteiger partial charge < -0.3 is 14.4 Å². The molecule has 1 aliphatic rings. The molecule has 2 heterocycles. The Bertz CT molecular complexity index is 485. The molecule has 118 valence electrons. The lowest BCUT2D eigenvalue weighted by Crippen LogP contribution is -2.29. The van der Waals surface area contributed by atoms with E-state index in [-0.39, 0.29) is 5.91 Å². The Morgan fingerprint density at radius 1 is 1.52 bits per heavy atom. The first kappa shape index (κ1) is 16.0. The molecule has 1 aromatic rings. The van der Waals surface area contributed by atoms with Gasteiger partial charge in [0.15, 0.2) is 5.69 Å². The SMILES string of the molecule is CCCCN(C)C(=O)c1nn(CCOC)c2c1COCC2. The summed E-state index contributed by atoms with van der Waals surface area (Å²) in [4.78, 5) is 14.3. The molecule has 1 aliphatic heterocycles. The Labute approximate surface area is 126 Å². The van der Waals surface area contributed by atoms with Crippen molar-refractivity contribution in [1.29, 1.82) is 0 Å². The summed E-state index contributed by atoms with van der Waals surface area (Å²) in [5.41, 5.74) is 2.61. The highest BCUT2D eigenvalue weighted by atomic mass is 16.5. The molecule has 1 aromatic heterocycles. The molecule has 0 spiro atoms. The molecular weight excluding hydrogens is 270 g/mol. The molecule has 6 heteroatoms. The summed E-state index contributed by atoms with van der Waals surface area (Å²) in [6.45, 7) is 5.30. The van der Waals surface area contributed by atoms with E-state index in [0.29, 0.717) is 32.1 Å². The number of methoxy groups -OCH3 is 1. The highest BCUT2D eigenvalue weighted by molar-refractivity contribution is 5.93. The summed E-state index contributed by atoms with van der Waals surface area (Å²) in [6.07, 6.45) is 2.88. The van der Waals surface area contributed by atoms with E-state index in [2.05, 4.69) is 12.0 Å². The van der Waals surface area contributed by atoms with Crippen LogP contribution in [0.5, 0.6) is 0 Å². The standard InChI is InChI=1S/C15H25N3O3/c1-4-5-7-17(2)15(19)14-12-11-21-9-6-13(12)18(16-14)8-10-20-3/h4-11H2,1-3H3. The van der Waals surface area contributed by atoms with Crippen molar-refractivity contribution in [3.8, 4) is 0 Å². The van der Waals surface area contributed by atoms with Gasteiger partial charge in [-0.3, -0.25) is 9.48 Å². The second kappa shape index (κ2) is 7.56. The van der Waals surface area contributed by atoms with Crippen molar-refractivity contribution in [2.24, 2.45) is 0 Å². The van der Waals surface area contributed by atoms with Crippen LogP contribution in [0.1, 0.15) is 41.5 Å². The topological polar surface area (TPSA) is 56.6 Å². The van der Waals surface area contributed by atoms with Gasteiger partial charge >= 0.3 is 0 Å². The predicted molar refractivity (Wildman–Crippen MR) is 79.3 cm³/mol. The Morgan fingerprint density at radius 3 is 3.05 bits per heavy atom. The minimum absolute atomic E-state index is 0.0126. The van der Waals surface area contributed by atoms with Crippen LogP contribution in [-0.2, 0) is 29.0 Å². The first-order valence-corrected chi connectivity index (χ1v) is 7.59. The Morgan fingerprint density at radius 2 is 2.33 bits per heavy atom. The number of nitrogens with zero attached hydrogens (tertiary/aromatic N) is 3. The van der Waals surface area contributed by atoms with Crippen LogP contribution in [0.4, 0.5) is 0 Å². The van der Waals surface area contributed by atoms with Crippen molar-refractivity contribution in [2.75, 3.05) is 33.9 Å². The van der Waals surface area contributed by atoms with E-state index in [9.17, 15) is 4.79 Å². The number of carbonyl (C=O) groups is 1. The lowest BCUT2D eigenvalue weighted by atomic mass is 10.1. The van der Waals surface area contributed by atoms with Crippen molar-refractivity contribution >= 4 is 5.91 Å². The summed E-state index contributed by atoms with van der Waals surface area (Å²) in [5.74, 6) is -0.0126. The van der Waals surface area contributed by atoms with Gasteiger partial charge in [-0.15, -0.1) is 0 Å². The van der Waals surface area contributed by atoms with E-state index < -0.39 is 0 Å². The Hall–Kier alpha value is -1.40. The van der Waals surface area contributed by atoms with E-state index in [4.69, 9.17) is 9.47 Å². The van der Waals surface area contributed by atoms with Crippen LogP contribution >= 0.6 is 0 Å². The van der Waals surface area contributed by atoms with Gasteiger partial charge in [-0.25, -0.2) is 0 Å². The van der Waals surface area contributed by atoms with Crippen LogP contribution in [0.2, 0.25) is 0 Å². The molecule has 0 radical (unpaired) electrons. The maximum Gasteiger partial charge on any atom is 0.274 e. The molecule has 0 saturated heterocycles. The second-order valence-corrected chi connectivity index (χ2v) is 5.37. The maximum atomic E-state index is 12.6. The van der Waals surface area contributed by atoms with Crippen molar-refractivity contribution in [3.63, 3.8) is 0 Å². The lowest BCUT2D eigenvalue weighted by molar-refractivity contribution is 0.0772. The summed E-state index contributed by atoms with van der Waals surface area (Å²) in [6, 6.07) is 0. The number of fused-ring (bicyclic) bond motifs is 1. The van der Waals surface area contributed by atoms with Crippen molar-refractivity contribution < 1.29 is 14.3 Å². The number of unbranched alkanes of at least 4 members (excludes halogenated alkanes) is 1. The highest BCUT2D eigenvalue weighted by Crippen LogP contribution is 2.22. The van der Waals surface area contributed by atoms with Gasteiger partial charge in [-0.2, -0.15) is 5.10 Å². The zero-order chi connectivity index (χ0) is 15.2. The van der Waals surface area contributed by atoms with E-state index in [1.54, 1.807) is 12.0 Å². The normalized spacial score (nSPS) is 14.0. The average Bonchev–Trinajstić information content (AvgIpc) is 2.88. The Balaban J connectivity index is 2.22. The number of ether oxygens (including phenoxy) is 2. The smallest absolute Gasteiger partial charge is 0.274 e. The number of hydrogen-bond acceptors (Lipinski definition) is 4. The molecular formula is C15H25N3O3. The third-order valence-corrected chi connectivity index (χ3v) is 3.80. The third kappa shape index (κ3) is 3.63. The number of carbonyl (C=O) groups excluding carboxylic acids is 1. The van der Waals surface area contributed by atoms with Gasteiger partial charge in [0.1, 0.15) is 0 Å². The minimum Gasteiger partial charge on any atom is -0.383 e. The van der Waals surface area contributed by atoms with Crippen LogP contribution in [0.15, 0.2) is 0 Å². The molecule has 21 heavy (non-hydrogen) atoms. The molecule has 0 saturated carbocycles. The zero-order valence-electron chi connectivity index (χ0n) is 13.2. The predicted octanol–water partition coefficient (Wildman–Crippen LogP) is 1.47. The van der Waals surface area contributed by atoms with Gasteiger partial charge in [0.25, 0.3) is 5.91 Å². The number of hydrogen-bond donors (Lipinski definition) is 0. The van der Waals surface area contributed by atoms with Gasteiger partial charge in [-0.05, 0) is 6.42 Å². The Kier molecular flexibility index (Phi) is 5.76. The molecule has 2 rings (SSSR count). The average molecular weight is 295 g/mol. The molecule has 0 aromatic carbocycles. The molecule has 0 bridgehead atoms. The fourth-order valence-electron chi connectivity index (χ4n) is 2.52. The van der Waals surface area contributed by atoms with Crippen molar-refractivity contribution in [1.82, 2.24) is 14.7 Å². The van der Waals surface area contributed by atoms with Gasteiger partial charge in [0.05, 0.1) is 26.4 Å². The van der Waals surface area contributed by atoms with Crippen LogP contribution < -0.4 is 0 Å².